The minimum Gasteiger partial charge on any atom is -0.457 e. The maximum absolute atomic E-state index is 8.72. The summed E-state index contributed by atoms with van der Waals surface area (Å²) < 4.78 is 5.56. The Morgan fingerprint density at radius 1 is 1.00 bits per heavy atom. The fourth-order valence-electron chi connectivity index (χ4n) is 1.27. The zero-order chi connectivity index (χ0) is 13.4. The summed E-state index contributed by atoms with van der Waals surface area (Å²) in [4.78, 5) is 0. The minimum absolute atomic E-state index is 0.399. The molecule has 92 valence electrons. The van der Waals surface area contributed by atoms with E-state index in [4.69, 9.17) is 21.6 Å². The summed E-state index contributed by atoms with van der Waals surface area (Å²) in [5, 5.41) is 9.12. The maximum Gasteiger partial charge on any atom is 0.129 e. The van der Waals surface area contributed by atoms with Crippen molar-refractivity contribution in [3.05, 3.63) is 59.1 Å². The molecule has 0 aliphatic heterocycles. The van der Waals surface area contributed by atoms with Crippen molar-refractivity contribution in [2.45, 2.75) is 13.8 Å². The van der Waals surface area contributed by atoms with E-state index in [9.17, 15) is 0 Å². The smallest absolute Gasteiger partial charge is 0.129 e. The van der Waals surface area contributed by atoms with Crippen LogP contribution in [-0.2, 0) is 0 Å². The summed E-state index contributed by atoms with van der Waals surface area (Å²) in [7, 11) is 0. The molecule has 0 saturated carbocycles. The highest BCUT2D eigenvalue weighted by molar-refractivity contribution is 6.31. The highest BCUT2D eigenvalue weighted by Gasteiger charge is 2.02. The molecule has 0 spiro atoms. The summed E-state index contributed by atoms with van der Waals surface area (Å²) in [5.74, 6) is 1.36. The second-order valence-electron chi connectivity index (χ2n) is 3.17. The number of nitriles is 1. The van der Waals surface area contributed by atoms with Gasteiger partial charge in [-0.05, 0) is 24.3 Å². The van der Waals surface area contributed by atoms with E-state index in [2.05, 4.69) is 0 Å². The van der Waals surface area contributed by atoms with Gasteiger partial charge < -0.3 is 4.74 Å². The normalized spacial score (nSPS) is 8.78. The number of hydrogen-bond donors (Lipinski definition) is 0. The first-order valence-electron chi connectivity index (χ1n) is 5.72. The topological polar surface area (TPSA) is 33.0 Å². The van der Waals surface area contributed by atoms with Crippen LogP contribution in [0.5, 0.6) is 11.5 Å². The molecule has 0 aliphatic carbocycles. The number of para-hydroxylation sites is 1. The fraction of sp³-hybridized carbons (Fsp3) is 0.133. The SMILES string of the molecule is CC.N#Cc1ccc(Oc2ccccc2)cc1Cl. The van der Waals surface area contributed by atoms with E-state index in [1.54, 1.807) is 18.2 Å². The molecule has 0 saturated heterocycles. The quantitative estimate of drug-likeness (QED) is 0.758. The van der Waals surface area contributed by atoms with Crippen molar-refractivity contribution in [3.8, 4) is 17.6 Å². The molecule has 0 N–H and O–H groups in total. The molecule has 0 unspecified atom stereocenters. The monoisotopic (exact) mass is 259 g/mol. The molecular formula is C15H14ClNO. The number of hydrogen-bond acceptors (Lipinski definition) is 2. The van der Waals surface area contributed by atoms with E-state index in [1.165, 1.54) is 0 Å². The van der Waals surface area contributed by atoms with Crippen LogP contribution in [0, 0.1) is 11.3 Å². The Hall–Kier alpha value is -1.98. The Bertz CT molecular complexity index is 532. The lowest BCUT2D eigenvalue weighted by molar-refractivity contribution is 0.482. The lowest BCUT2D eigenvalue weighted by Gasteiger charge is -2.05. The molecule has 3 heteroatoms. The fourth-order valence-corrected chi connectivity index (χ4v) is 1.49. The van der Waals surface area contributed by atoms with Crippen LogP contribution in [0.2, 0.25) is 5.02 Å². The van der Waals surface area contributed by atoms with E-state index in [1.807, 2.05) is 50.2 Å². The summed E-state index contributed by atoms with van der Waals surface area (Å²) >= 11 is 5.89. The van der Waals surface area contributed by atoms with Crippen molar-refractivity contribution < 1.29 is 4.74 Å². The summed E-state index contributed by atoms with van der Waals surface area (Å²) in [5.41, 5.74) is 0.446. The molecule has 0 heterocycles. The van der Waals surface area contributed by atoms with Crippen molar-refractivity contribution in [2.24, 2.45) is 0 Å². The third-order valence-electron chi connectivity index (χ3n) is 2.04. The van der Waals surface area contributed by atoms with Gasteiger partial charge in [-0.15, -0.1) is 0 Å². The molecule has 2 aromatic carbocycles. The Kier molecular flexibility index (Phi) is 5.76. The predicted molar refractivity (Wildman–Crippen MR) is 74.0 cm³/mol. The molecule has 0 fully saturated rings. The molecule has 2 nitrogen and oxygen atoms in total. The third-order valence-corrected chi connectivity index (χ3v) is 2.35. The zero-order valence-electron chi connectivity index (χ0n) is 10.4. The second kappa shape index (κ2) is 7.37. The van der Waals surface area contributed by atoms with Crippen LogP contribution in [0.4, 0.5) is 0 Å². The molecule has 0 radical (unpaired) electrons. The average molecular weight is 260 g/mol. The highest BCUT2D eigenvalue weighted by atomic mass is 35.5. The van der Waals surface area contributed by atoms with E-state index >= 15 is 0 Å². The lowest BCUT2D eigenvalue weighted by atomic mass is 10.2. The second-order valence-corrected chi connectivity index (χ2v) is 3.58. The van der Waals surface area contributed by atoms with Crippen LogP contribution in [0.3, 0.4) is 0 Å². The first-order valence-corrected chi connectivity index (χ1v) is 6.10. The third kappa shape index (κ3) is 3.80. The van der Waals surface area contributed by atoms with Crippen LogP contribution in [0.15, 0.2) is 48.5 Å². The molecule has 0 aliphatic rings. The van der Waals surface area contributed by atoms with Gasteiger partial charge in [-0.1, -0.05) is 43.6 Å². The Balaban J connectivity index is 0.000000771. The van der Waals surface area contributed by atoms with Gasteiger partial charge >= 0.3 is 0 Å². The zero-order valence-corrected chi connectivity index (χ0v) is 11.1. The molecular weight excluding hydrogens is 246 g/mol. The van der Waals surface area contributed by atoms with Crippen LogP contribution < -0.4 is 4.74 Å². The van der Waals surface area contributed by atoms with Crippen LogP contribution in [-0.4, -0.2) is 0 Å². The van der Waals surface area contributed by atoms with Crippen molar-refractivity contribution in [2.75, 3.05) is 0 Å². The molecule has 0 bridgehead atoms. The number of halogens is 1. The predicted octanol–water partition coefficient (Wildman–Crippen LogP) is 5.03. The van der Waals surface area contributed by atoms with Gasteiger partial charge in [0.25, 0.3) is 0 Å². The van der Waals surface area contributed by atoms with Gasteiger partial charge in [-0.25, -0.2) is 0 Å². The van der Waals surface area contributed by atoms with Crippen molar-refractivity contribution in [1.29, 1.82) is 5.26 Å². The molecule has 0 aromatic heterocycles. The van der Waals surface area contributed by atoms with Gasteiger partial charge in [0.1, 0.15) is 17.6 Å². The van der Waals surface area contributed by atoms with E-state index in [-0.39, 0.29) is 0 Å². The van der Waals surface area contributed by atoms with Gasteiger partial charge in [-0.3, -0.25) is 0 Å². The minimum atomic E-state index is 0.399. The van der Waals surface area contributed by atoms with Crippen LogP contribution >= 0.6 is 11.6 Å². The number of rotatable bonds is 2. The van der Waals surface area contributed by atoms with Crippen LogP contribution in [0.1, 0.15) is 19.4 Å². The van der Waals surface area contributed by atoms with E-state index in [0.29, 0.717) is 16.3 Å². The Morgan fingerprint density at radius 2 is 1.67 bits per heavy atom. The Labute approximate surface area is 112 Å². The molecule has 2 rings (SSSR count). The van der Waals surface area contributed by atoms with Crippen molar-refractivity contribution in [1.82, 2.24) is 0 Å². The van der Waals surface area contributed by atoms with Gasteiger partial charge in [-0.2, -0.15) is 5.26 Å². The number of ether oxygens (including phenoxy) is 1. The summed E-state index contributed by atoms with van der Waals surface area (Å²) in [6.07, 6.45) is 0. The molecule has 0 atom stereocenters. The molecule has 0 amide bonds. The lowest BCUT2D eigenvalue weighted by Crippen LogP contribution is -1.84. The van der Waals surface area contributed by atoms with E-state index < -0.39 is 0 Å². The molecule has 2 aromatic rings. The number of nitrogens with zero attached hydrogens (tertiary/aromatic N) is 1. The van der Waals surface area contributed by atoms with Gasteiger partial charge in [0.2, 0.25) is 0 Å². The first-order chi connectivity index (χ1) is 8.79. The Morgan fingerprint density at radius 3 is 2.22 bits per heavy atom. The van der Waals surface area contributed by atoms with Gasteiger partial charge in [0.05, 0.1) is 10.6 Å². The largest absolute Gasteiger partial charge is 0.457 e. The van der Waals surface area contributed by atoms with Gasteiger partial charge in [0.15, 0.2) is 0 Å². The van der Waals surface area contributed by atoms with Crippen molar-refractivity contribution >= 4 is 11.6 Å². The first kappa shape index (κ1) is 14.1. The maximum atomic E-state index is 8.72. The average Bonchev–Trinajstić information content (AvgIpc) is 2.42. The highest BCUT2D eigenvalue weighted by Crippen LogP contribution is 2.26. The molecule has 18 heavy (non-hydrogen) atoms. The number of benzene rings is 2. The summed E-state index contributed by atoms with van der Waals surface area (Å²) in [6.45, 7) is 4.00. The van der Waals surface area contributed by atoms with Crippen LogP contribution in [0.25, 0.3) is 0 Å². The summed E-state index contributed by atoms with van der Waals surface area (Å²) in [6, 6.07) is 16.4. The van der Waals surface area contributed by atoms with Crippen molar-refractivity contribution in [3.63, 3.8) is 0 Å². The standard InChI is InChI=1S/C13H8ClNO.C2H6/c14-13-8-12(7-6-10(13)9-15)16-11-4-2-1-3-5-11;1-2/h1-8H;1-2H3. The van der Waals surface area contributed by atoms with E-state index in [0.717, 1.165) is 5.75 Å². The van der Waals surface area contributed by atoms with Gasteiger partial charge in [0, 0.05) is 6.07 Å².